The van der Waals surface area contributed by atoms with Crippen molar-refractivity contribution in [3.63, 3.8) is 0 Å². The van der Waals surface area contributed by atoms with Gasteiger partial charge in [0.15, 0.2) is 0 Å². The van der Waals surface area contributed by atoms with E-state index in [4.69, 9.17) is 4.74 Å². The second-order valence-corrected chi connectivity index (χ2v) is 4.76. The molecule has 1 saturated carbocycles. The monoisotopic (exact) mass is 184 g/mol. The van der Waals surface area contributed by atoms with Crippen LogP contribution >= 0.6 is 0 Å². The van der Waals surface area contributed by atoms with Crippen molar-refractivity contribution in [1.82, 2.24) is 0 Å². The van der Waals surface area contributed by atoms with E-state index < -0.39 is 0 Å². The summed E-state index contributed by atoms with van der Waals surface area (Å²) in [4.78, 5) is 0. The zero-order valence-electron chi connectivity index (χ0n) is 8.79. The van der Waals surface area contributed by atoms with E-state index in [1.54, 1.807) is 0 Å². The molecule has 2 nitrogen and oxygen atoms in total. The fourth-order valence-corrected chi connectivity index (χ4v) is 1.73. The second-order valence-electron chi connectivity index (χ2n) is 4.76. The van der Waals surface area contributed by atoms with E-state index in [0.717, 1.165) is 12.8 Å². The van der Waals surface area contributed by atoms with Crippen LogP contribution in [0, 0.1) is 5.92 Å². The fraction of sp³-hybridized carbons (Fsp3) is 0.818. The van der Waals surface area contributed by atoms with Crippen molar-refractivity contribution in [2.24, 2.45) is 5.92 Å². The molecule has 0 aromatic heterocycles. The fourth-order valence-electron chi connectivity index (χ4n) is 1.73. The second kappa shape index (κ2) is 3.81. The first-order valence-corrected chi connectivity index (χ1v) is 4.91. The summed E-state index contributed by atoms with van der Waals surface area (Å²) in [6, 6.07) is 0. The summed E-state index contributed by atoms with van der Waals surface area (Å²) < 4.78 is 5.80. The van der Waals surface area contributed by atoms with Crippen molar-refractivity contribution in [3.8, 4) is 0 Å². The van der Waals surface area contributed by atoms with Crippen LogP contribution in [-0.2, 0) is 4.74 Å². The lowest BCUT2D eigenvalue weighted by Crippen LogP contribution is -2.49. The lowest BCUT2D eigenvalue weighted by molar-refractivity contribution is -0.172. The maximum atomic E-state index is 9.48. The average molecular weight is 184 g/mol. The van der Waals surface area contributed by atoms with Gasteiger partial charge in [0, 0.05) is 12.3 Å². The first-order valence-electron chi connectivity index (χ1n) is 4.91. The Bertz CT molecular complexity index is 181. The topological polar surface area (TPSA) is 29.5 Å². The van der Waals surface area contributed by atoms with E-state index in [0.29, 0.717) is 0 Å². The highest BCUT2D eigenvalue weighted by molar-refractivity contribution is 4.94. The first kappa shape index (κ1) is 10.7. The number of allylic oxidation sites excluding steroid dienone is 1. The van der Waals surface area contributed by atoms with Gasteiger partial charge in [-0.2, -0.15) is 0 Å². The third-order valence-electron chi connectivity index (χ3n) is 2.39. The van der Waals surface area contributed by atoms with Crippen LogP contribution in [0.4, 0.5) is 0 Å². The van der Waals surface area contributed by atoms with Crippen LogP contribution in [0.15, 0.2) is 12.7 Å². The minimum atomic E-state index is -0.189. The van der Waals surface area contributed by atoms with Gasteiger partial charge in [0.1, 0.15) is 0 Å². The summed E-state index contributed by atoms with van der Waals surface area (Å²) in [6.45, 7) is 9.81. The molecule has 3 atom stereocenters. The third kappa shape index (κ3) is 2.82. The molecule has 76 valence electrons. The zero-order chi connectivity index (χ0) is 10.1. The molecule has 1 rings (SSSR count). The van der Waals surface area contributed by atoms with E-state index in [1.165, 1.54) is 0 Å². The van der Waals surface area contributed by atoms with Crippen LogP contribution in [0.5, 0.6) is 0 Å². The van der Waals surface area contributed by atoms with Gasteiger partial charge >= 0.3 is 0 Å². The smallest absolute Gasteiger partial charge is 0.0662 e. The molecule has 3 unspecified atom stereocenters. The molecule has 1 fully saturated rings. The number of aliphatic hydroxyl groups is 1. The molecule has 0 saturated heterocycles. The molecule has 0 bridgehead atoms. The van der Waals surface area contributed by atoms with Gasteiger partial charge in [0.05, 0.1) is 17.8 Å². The maximum absolute atomic E-state index is 9.48. The molecule has 0 spiro atoms. The SMILES string of the molecule is C=CCC1C(O)CC1OC(C)(C)C. The van der Waals surface area contributed by atoms with Gasteiger partial charge in [-0.3, -0.25) is 0 Å². The van der Waals surface area contributed by atoms with Gasteiger partial charge in [-0.1, -0.05) is 6.08 Å². The molecule has 0 aromatic rings. The Morgan fingerprint density at radius 2 is 2.15 bits per heavy atom. The van der Waals surface area contributed by atoms with Crippen molar-refractivity contribution in [2.45, 2.75) is 51.4 Å². The predicted molar refractivity (Wildman–Crippen MR) is 53.6 cm³/mol. The highest BCUT2D eigenvalue weighted by atomic mass is 16.5. The van der Waals surface area contributed by atoms with Crippen molar-refractivity contribution >= 4 is 0 Å². The molecule has 1 aliphatic carbocycles. The number of aliphatic hydroxyl groups excluding tert-OH is 1. The van der Waals surface area contributed by atoms with Gasteiger partial charge in [0.2, 0.25) is 0 Å². The molecule has 0 aliphatic heterocycles. The summed E-state index contributed by atoms with van der Waals surface area (Å²) in [7, 11) is 0. The van der Waals surface area contributed by atoms with Crippen molar-refractivity contribution in [1.29, 1.82) is 0 Å². The Labute approximate surface area is 80.6 Å². The molecule has 0 amide bonds. The highest BCUT2D eigenvalue weighted by Crippen LogP contribution is 2.36. The van der Waals surface area contributed by atoms with Crippen LogP contribution in [0.2, 0.25) is 0 Å². The van der Waals surface area contributed by atoms with E-state index in [2.05, 4.69) is 6.58 Å². The van der Waals surface area contributed by atoms with Crippen molar-refractivity contribution in [3.05, 3.63) is 12.7 Å². The quantitative estimate of drug-likeness (QED) is 0.681. The van der Waals surface area contributed by atoms with E-state index in [1.807, 2.05) is 26.8 Å². The normalized spacial score (nSPS) is 34.0. The minimum Gasteiger partial charge on any atom is -0.393 e. The average Bonchev–Trinajstić information content (AvgIpc) is 1.97. The molecule has 0 aromatic carbocycles. The summed E-state index contributed by atoms with van der Waals surface area (Å²) in [5, 5.41) is 9.48. The molecule has 1 N–H and O–H groups in total. The Morgan fingerprint density at radius 1 is 1.54 bits per heavy atom. The van der Waals surface area contributed by atoms with Gasteiger partial charge in [-0.25, -0.2) is 0 Å². The number of hydrogen-bond acceptors (Lipinski definition) is 2. The van der Waals surface area contributed by atoms with Crippen LogP contribution in [-0.4, -0.2) is 22.9 Å². The largest absolute Gasteiger partial charge is 0.393 e. The lowest BCUT2D eigenvalue weighted by Gasteiger charge is -2.44. The summed E-state index contributed by atoms with van der Waals surface area (Å²) in [5.74, 6) is 0.261. The lowest BCUT2D eigenvalue weighted by atomic mass is 9.76. The Morgan fingerprint density at radius 3 is 2.54 bits per heavy atom. The number of ether oxygens (including phenoxy) is 1. The Kier molecular flexibility index (Phi) is 3.14. The van der Waals surface area contributed by atoms with Gasteiger partial charge in [-0.15, -0.1) is 6.58 Å². The number of rotatable bonds is 3. The predicted octanol–water partition coefficient (Wildman–Crippen LogP) is 2.13. The Balaban J connectivity index is 2.40. The van der Waals surface area contributed by atoms with E-state index in [9.17, 15) is 5.11 Å². The van der Waals surface area contributed by atoms with Crippen LogP contribution < -0.4 is 0 Å². The van der Waals surface area contributed by atoms with Gasteiger partial charge < -0.3 is 9.84 Å². The van der Waals surface area contributed by atoms with Crippen LogP contribution in [0.25, 0.3) is 0 Å². The molecule has 1 aliphatic rings. The maximum Gasteiger partial charge on any atom is 0.0662 e. The van der Waals surface area contributed by atoms with E-state index in [-0.39, 0.29) is 23.7 Å². The van der Waals surface area contributed by atoms with E-state index >= 15 is 0 Å². The highest BCUT2D eigenvalue weighted by Gasteiger charge is 2.41. The molecular formula is C11H20O2. The molecule has 0 radical (unpaired) electrons. The Hall–Kier alpha value is -0.340. The summed E-state index contributed by atoms with van der Waals surface area (Å²) in [6.07, 6.45) is 3.50. The van der Waals surface area contributed by atoms with Crippen molar-refractivity contribution < 1.29 is 9.84 Å². The third-order valence-corrected chi connectivity index (χ3v) is 2.39. The van der Waals surface area contributed by atoms with Gasteiger partial charge in [-0.05, 0) is 27.2 Å². The van der Waals surface area contributed by atoms with Gasteiger partial charge in [0.25, 0.3) is 0 Å². The number of hydrogen-bond donors (Lipinski definition) is 1. The summed E-state index contributed by atoms with van der Waals surface area (Å²) in [5.41, 5.74) is -0.107. The standard InChI is InChI=1S/C11H20O2/c1-5-6-8-9(12)7-10(8)13-11(2,3)4/h5,8-10,12H,1,6-7H2,2-4H3. The zero-order valence-corrected chi connectivity index (χ0v) is 8.79. The minimum absolute atomic E-state index is 0.107. The molecule has 13 heavy (non-hydrogen) atoms. The summed E-state index contributed by atoms with van der Waals surface area (Å²) >= 11 is 0. The van der Waals surface area contributed by atoms with Crippen molar-refractivity contribution in [2.75, 3.05) is 0 Å². The molecular weight excluding hydrogens is 164 g/mol. The first-order chi connectivity index (χ1) is 5.94. The molecule has 2 heteroatoms. The van der Waals surface area contributed by atoms with Crippen LogP contribution in [0.1, 0.15) is 33.6 Å². The van der Waals surface area contributed by atoms with Crippen LogP contribution in [0.3, 0.4) is 0 Å². The molecule has 0 heterocycles.